The molecule has 1 heterocycles. The van der Waals surface area contributed by atoms with Crippen LogP contribution in [0.4, 0.5) is 14.7 Å². The number of carbonyl (C=O) groups is 1. The lowest BCUT2D eigenvalue weighted by molar-refractivity contribution is 0.102. The predicted octanol–water partition coefficient (Wildman–Crippen LogP) is 0.988. The summed E-state index contributed by atoms with van der Waals surface area (Å²) in [7, 11) is -7.49. The number of nitrogens with one attached hydrogen (secondary N) is 3. The monoisotopic (exact) mass is 437 g/mol. The van der Waals surface area contributed by atoms with Gasteiger partial charge in [0.15, 0.2) is 0 Å². The SMILES string of the molecule is CC(C)NS(=O)(=O)c1ccc(F)c(C(=O)Nc2nnc(NS(C)(=O)=O)s2)c1. The zero-order valence-electron chi connectivity index (χ0n) is 14.3. The first-order chi connectivity index (χ1) is 12.4. The van der Waals surface area contributed by atoms with E-state index in [-0.39, 0.29) is 21.2 Å². The van der Waals surface area contributed by atoms with Gasteiger partial charge >= 0.3 is 0 Å². The molecule has 0 atom stereocenters. The minimum atomic E-state index is -3.92. The second kappa shape index (κ2) is 7.84. The molecule has 0 unspecified atom stereocenters. The molecule has 0 radical (unpaired) electrons. The number of amides is 1. The van der Waals surface area contributed by atoms with E-state index in [1.54, 1.807) is 13.8 Å². The molecule has 1 amide bonds. The first-order valence-electron chi connectivity index (χ1n) is 7.32. The molecule has 14 heteroatoms. The highest BCUT2D eigenvalue weighted by Gasteiger charge is 2.21. The Kier molecular flexibility index (Phi) is 6.14. The van der Waals surface area contributed by atoms with Gasteiger partial charge < -0.3 is 0 Å². The van der Waals surface area contributed by atoms with Crippen LogP contribution < -0.4 is 14.8 Å². The van der Waals surface area contributed by atoms with E-state index in [9.17, 15) is 26.0 Å². The predicted molar refractivity (Wildman–Crippen MR) is 98.2 cm³/mol. The number of hydrogen-bond acceptors (Lipinski definition) is 8. The maximum atomic E-state index is 14.0. The lowest BCUT2D eigenvalue weighted by atomic mass is 10.2. The van der Waals surface area contributed by atoms with Gasteiger partial charge in [-0.05, 0) is 32.0 Å². The van der Waals surface area contributed by atoms with Crippen LogP contribution in [0.15, 0.2) is 23.1 Å². The average molecular weight is 438 g/mol. The maximum absolute atomic E-state index is 14.0. The lowest BCUT2D eigenvalue weighted by Crippen LogP contribution is -2.30. The Hall–Kier alpha value is -2.16. The van der Waals surface area contributed by atoms with Crippen LogP contribution in [-0.4, -0.2) is 45.2 Å². The number of sulfonamides is 2. The molecule has 0 aliphatic rings. The molecule has 0 aliphatic heterocycles. The Bertz CT molecular complexity index is 1070. The Morgan fingerprint density at radius 1 is 1.15 bits per heavy atom. The van der Waals surface area contributed by atoms with E-state index in [0.717, 1.165) is 24.5 Å². The van der Waals surface area contributed by atoms with Crippen molar-refractivity contribution in [1.29, 1.82) is 0 Å². The Balaban J connectivity index is 2.25. The van der Waals surface area contributed by atoms with Crippen LogP contribution in [0.3, 0.4) is 0 Å². The standard InChI is InChI=1S/C13H16FN5O5S3/c1-7(2)18-27(23,24)8-4-5-10(14)9(6-8)11(20)15-12-16-17-13(25-12)19-26(3,21)22/h4-7,18H,1-3H3,(H,17,19)(H,15,16,20). The normalized spacial score (nSPS) is 12.2. The summed E-state index contributed by atoms with van der Waals surface area (Å²) in [6.45, 7) is 3.23. The summed E-state index contributed by atoms with van der Waals surface area (Å²) in [5.41, 5.74) is -0.519. The summed E-state index contributed by atoms with van der Waals surface area (Å²) in [4.78, 5) is 12.0. The van der Waals surface area contributed by atoms with Crippen molar-refractivity contribution in [3.8, 4) is 0 Å². The summed E-state index contributed by atoms with van der Waals surface area (Å²) in [5, 5.41) is 9.14. The largest absolute Gasteiger partial charge is 0.296 e. The van der Waals surface area contributed by atoms with Crippen molar-refractivity contribution in [2.45, 2.75) is 24.8 Å². The topological polar surface area (TPSA) is 147 Å². The second-order valence-electron chi connectivity index (χ2n) is 5.66. The van der Waals surface area contributed by atoms with Gasteiger partial charge in [-0.15, -0.1) is 10.2 Å². The number of benzene rings is 1. The van der Waals surface area contributed by atoms with Gasteiger partial charge in [-0.25, -0.2) is 25.9 Å². The number of carbonyl (C=O) groups excluding carboxylic acids is 1. The van der Waals surface area contributed by atoms with Crippen molar-refractivity contribution < 1.29 is 26.0 Å². The summed E-state index contributed by atoms with van der Waals surface area (Å²) in [6.07, 6.45) is 0.916. The van der Waals surface area contributed by atoms with Crippen LogP contribution in [0, 0.1) is 5.82 Å². The maximum Gasteiger partial charge on any atom is 0.260 e. The van der Waals surface area contributed by atoms with E-state index < -0.39 is 37.3 Å². The van der Waals surface area contributed by atoms with Crippen molar-refractivity contribution in [2.24, 2.45) is 0 Å². The van der Waals surface area contributed by atoms with Crippen molar-refractivity contribution in [3.63, 3.8) is 0 Å². The molecule has 0 bridgehead atoms. The molecule has 0 fully saturated rings. The Morgan fingerprint density at radius 2 is 1.78 bits per heavy atom. The average Bonchev–Trinajstić information content (AvgIpc) is 2.90. The van der Waals surface area contributed by atoms with Crippen LogP contribution in [0.2, 0.25) is 0 Å². The first-order valence-corrected chi connectivity index (χ1v) is 11.5. The van der Waals surface area contributed by atoms with Crippen molar-refractivity contribution in [1.82, 2.24) is 14.9 Å². The van der Waals surface area contributed by atoms with Crippen molar-refractivity contribution >= 4 is 47.6 Å². The van der Waals surface area contributed by atoms with E-state index in [2.05, 4.69) is 25.0 Å². The Labute approximate surface area is 159 Å². The number of rotatable bonds is 7. The van der Waals surface area contributed by atoms with E-state index in [1.165, 1.54) is 0 Å². The molecule has 148 valence electrons. The zero-order chi connectivity index (χ0) is 20.4. The molecule has 0 saturated carbocycles. The molecular formula is C13H16FN5O5S3. The van der Waals surface area contributed by atoms with Gasteiger partial charge in [0.2, 0.25) is 30.3 Å². The second-order valence-corrected chi connectivity index (χ2v) is 10.1. The fourth-order valence-electron chi connectivity index (χ4n) is 1.86. The number of aromatic nitrogens is 2. The third-order valence-electron chi connectivity index (χ3n) is 2.80. The summed E-state index contributed by atoms with van der Waals surface area (Å²) >= 11 is 0.709. The molecular weight excluding hydrogens is 421 g/mol. The van der Waals surface area contributed by atoms with Crippen molar-refractivity contribution in [3.05, 3.63) is 29.6 Å². The number of anilines is 2. The van der Waals surface area contributed by atoms with E-state index in [4.69, 9.17) is 0 Å². The van der Waals surface area contributed by atoms with Crippen molar-refractivity contribution in [2.75, 3.05) is 16.3 Å². The fourth-order valence-corrected chi connectivity index (χ4v) is 4.61. The smallest absolute Gasteiger partial charge is 0.260 e. The van der Waals surface area contributed by atoms with Crippen LogP contribution >= 0.6 is 11.3 Å². The summed E-state index contributed by atoms with van der Waals surface area (Å²) in [5.74, 6) is -1.90. The van der Waals surface area contributed by atoms with E-state index in [0.29, 0.717) is 11.3 Å². The summed E-state index contributed by atoms with van der Waals surface area (Å²) < 4.78 is 65.0. The molecule has 3 N–H and O–H groups in total. The van der Waals surface area contributed by atoms with Gasteiger partial charge in [-0.1, -0.05) is 11.3 Å². The highest BCUT2D eigenvalue weighted by molar-refractivity contribution is 7.92. The van der Waals surface area contributed by atoms with E-state index in [1.807, 2.05) is 0 Å². The number of hydrogen-bond donors (Lipinski definition) is 3. The third kappa shape index (κ3) is 5.92. The molecule has 27 heavy (non-hydrogen) atoms. The molecule has 2 aromatic rings. The molecule has 0 aliphatic carbocycles. The lowest BCUT2D eigenvalue weighted by Gasteiger charge is -2.11. The van der Waals surface area contributed by atoms with Crippen LogP contribution in [0.5, 0.6) is 0 Å². The molecule has 1 aromatic carbocycles. The number of nitrogens with zero attached hydrogens (tertiary/aromatic N) is 2. The third-order valence-corrected chi connectivity index (χ3v) is 5.91. The van der Waals surface area contributed by atoms with E-state index >= 15 is 0 Å². The minimum Gasteiger partial charge on any atom is -0.296 e. The highest BCUT2D eigenvalue weighted by Crippen LogP contribution is 2.22. The fraction of sp³-hybridized carbons (Fsp3) is 0.308. The van der Waals surface area contributed by atoms with Crippen LogP contribution in [0.1, 0.15) is 24.2 Å². The quantitative estimate of drug-likeness (QED) is 0.585. The molecule has 2 rings (SSSR count). The number of halogens is 1. The van der Waals surface area contributed by atoms with Gasteiger partial charge in [0.05, 0.1) is 16.7 Å². The van der Waals surface area contributed by atoms with Gasteiger partial charge in [0.1, 0.15) is 5.82 Å². The van der Waals surface area contributed by atoms with Crippen LogP contribution in [-0.2, 0) is 20.0 Å². The highest BCUT2D eigenvalue weighted by atomic mass is 32.2. The molecule has 10 nitrogen and oxygen atoms in total. The van der Waals surface area contributed by atoms with Gasteiger partial charge in [-0.2, -0.15) is 0 Å². The van der Waals surface area contributed by atoms with Gasteiger partial charge in [0, 0.05) is 6.04 Å². The van der Waals surface area contributed by atoms with Gasteiger partial charge in [-0.3, -0.25) is 14.8 Å². The zero-order valence-corrected chi connectivity index (χ0v) is 16.8. The molecule has 1 aromatic heterocycles. The van der Waals surface area contributed by atoms with Crippen LogP contribution in [0.25, 0.3) is 0 Å². The Morgan fingerprint density at radius 3 is 2.37 bits per heavy atom. The van der Waals surface area contributed by atoms with Gasteiger partial charge in [0.25, 0.3) is 5.91 Å². The summed E-state index contributed by atoms with van der Waals surface area (Å²) in [6, 6.07) is 2.40. The molecule has 0 saturated heterocycles. The molecule has 0 spiro atoms. The minimum absolute atomic E-state index is 0.0919. The first kappa shape index (κ1) is 21.1.